The zero-order valence-corrected chi connectivity index (χ0v) is 14.6. The molecule has 0 spiro atoms. The highest BCUT2D eigenvalue weighted by atomic mass is 35.5. The van der Waals surface area contributed by atoms with Gasteiger partial charge < -0.3 is 20.5 Å². The van der Waals surface area contributed by atoms with E-state index < -0.39 is 11.5 Å². The van der Waals surface area contributed by atoms with Gasteiger partial charge in [-0.2, -0.15) is 0 Å². The topological polar surface area (TPSA) is 94.9 Å². The van der Waals surface area contributed by atoms with Gasteiger partial charge in [-0.1, -0.05) is 17.7 Å². The summed E-state index contributed by atoms with van der Waals surface area (Å²) in [6.07, 6.45) is 2.30. The largest absolute Gasteiger partial charge is 0.486 e. The zero-order chi connectivity index (χ0) is 18.3. The molecular weight excluding hydrogens is 359 g/mol. The monoisotopic (exact) mass is 376 g/mol. The Balaban J connectivity index is 1.74. The summed E-state index contributed by atoms with van der Waals surface area (Å²) in [5, 5.41) is 3.04. The van der Waals surface area contributed by atoms with Crippen LogP contribution < -0.4 is 21.5 Å². The summed E-state index contributed by atoms with van der Waals surface area (Å²) in [4.78, 5) is 4.36. The van der Waals surface area contributed by atoms with Gasteiger partial charge in [-0.25, -0.2) is 9.38 Å². The molecule has 2 heterocycles. The lowest BCUT2D eigenvalue weighted by Crippen LogP contribution is -2.39. The second kappa shape index (κ2) is 6.42. The minimum Gasteiger partial charge on any atom is -0.486 e. The number of rotatable bonds is 3. The molecule has 1 saturated heterocycles. The molecule has 2 aromatic rings. The predicted octanol–water partition coefficient (Wildman–Crippen LogP) is 2.84. The van der Waals surface area contributed by atoms with Crippen LogP contribution in [0.25, 0.3) is 0 Å². The van der Waals surface area contributed by atoms with E-state index in [1.165, 1.54) is 18.5 Å². The third kappa shape index (κ3) is 2.88. The van der Waals surface area contributed by atoms with Crippen LogP contribution in [0.1, 0.15) is 17.5 Å². The van der Waals surface area contributed by atoms with E-state index in [-0.39, 0.29) is 11.1 Å². The SMILES string of the molecule is Nc1cc2c(cc1OC1CCOC1)NC=N[C@@]2(N)c1ccc(F)c(Cl)c1. The number of aliphatic imine (C=N–C) groups is 1. The van der Waals surface area contributed by atoms with Gasteiger partial charge in [0.15, 0.2) is 5.66 Å². The maximum Gasteiger partial charge on any atom is 0.163 e. The minimum absolute atomic E-state index is 0.0169. The number of nitrogens with two attached hydrogens (primary N) is 2. The van der Waals surface area contributed by atoms with Gasteiger partial charge in [-0.15, -0.1) is 0 Å². The van der Waals surface area contributed by atoms with Crippen molar-refractivity contribution in [1.82, 2.24) is 0 Å². The van der Waals surface area contributed by atoms with E-state index in [0.29, 0.717) is 41.5 Å². The van der Waals surface area contributed by atoms with Crippen LogP contribution in [0.4, 0.5) is 15.8 Å². The number of fused-ring (bicyclic) bond motifs is 1. The molecule has 136 valence electrons. The molecule has 0 saturated carbocycles. The van der Waals surface area contributed by atoms with Gasteiger partial charge in [-0.05, 0) is 18.2 Å². The first-order valence-electron chi connectivity index (χ1n) is 8.20. The van der Waals surface area contributed by atoms with Crippen LogP contribution in [-0.4, -0.2) is 25.7 Å². The van der Waals surface area contributed by atoms with Crippen LogP contribution in [0.5, 0.6) is 5.75 Å². The molecule has 26 heavy (non-hydrogen) atoms. The molecule has 0 aromatic heterocycles. The number of halogens is 2. The summed E-state index contributed by atoms with van der Waals surface area (Å²) < 4.78 is 24.8. The maximum atomic E-state index is 13.5. The molecule has 0 radical (unpaired) electrons. The van der Waals surface area contributed by atoms with Crippen molar-refractivity contribution in [3.63, 3.8) is 0 Å². The van der Waals surface area contributed by atoms with Crippen LogP contribution in [0.2, 0.25) is 5.02 Å². The molecule has 2 aliphatic heterocycles. The normalized spacial score (nSPS) is 24.2. The Labute approximate surface area is 154 Å². The number of anilines is 2. The molecular formula is C18H18ClFN4O2. The number of benzene rings is 2. The van der Waals surface area contributed by atoms with Crippen molar-refractivity contribution in [2.45, 2.75) is 18.2 Å². The third-order valence-electron chi connectivity index (χ3n) is 4.59. The summed E-state index contributed by atoms with van der Waals surface area (Å²) in [7, 11) is 0. The Hall–Kier alpha value is -2.35. The Morgan fingerprint density at radius 1 is 1.35 bits per heavy atom. The highest BCUT2D eigenvalue weighted by molar-refractivity contribution is 6.30. The average molecular weight is 377 g/mol. The molecule has 6 nitrogen and oxygen atoms in total. The van der Waals surface area contributed by atoms with E-state index in [4.69, 9.17) is 32.5 Å². The molecule has 2 aromatic carbocycles. The summed E-state index contributed by atoms with van der Waals surface area (Å²) in [5.41, 5.74) is 13.9. The van der Waals surface area contributed by atoms with E-state index in [9.17, 15) is 4.39 Å². The average Bonchev–Trinajstić information content (AvgIpc) is 3.12. The van der Waals surface area contributed by atoms with Crippen LogP contribution in [0.3, 0.4) is 0 Å². The standard InChI is InChI=1S/C18H18ClFN4O2/c19-13-5-10(1-2-14(13)20)18(22)12-6-15(21)17(7-16(12)23-9-24-18)26-11-3-4-25-8-11/h1-2,5-7,9,11H,3-4,8,21-22H2,(H,23,24)/t11?,18-/m0/s1. The number of nitrogens with zero attached hydrogens (tertiary/aromatic N) is 1. The van der Waals surface area contributed by atoms with E-state index in [1.54, 1.807) is 18.2 Å². The van der Waals surface area contributed by atoms with Crippen LogP contribution in [0.15, 0.2) is 35.3 Å². The van der Waals surface area contributed by atoms with Crippen LogP contribution in [-0.2, 0) is 10.4 Å². The second-order valence-electron chi connectivity index (χ2n) is 6.34. The summed E-state index contributed by atoms with van der Waals surface area (Å²) in [6, 6.07) is 7.82. The molecule has 4 rings (SSSR count). The highest BCUT2D eigenvalue weighted by Gasteiger charge is 2.35. The van der Waals surface area contributed by atoms with Gasteiger partial charge in [0.1, 0.15) is 17.7 Å². The summed E-state index contributed by atoms with van der Waals surface area (Å²) in [5.74, 6) is 0.0423. The van der Waals surface area contributed by atoms with Crippen molar-refractivity contribution in [2.75, 3.05) is 24.3 Å². The van der Waals surface area contributed by atoms with E-state index in [0.717, 1.165) is 6.42 Å². The fraction of sp³-hybridized carbons (Fsp3) is 0.278. The first kappa shape index (κ1) is 17.1. The molecule has 5 N–H and O–H groups in total. The van der Waals surface area contributed by atoms with Gasteiger partial charge in [0.2, 0.25) is 0 Å². The van der Waals surface area contributed by atoms with Crippen molar-refractivity contribution >= 4 is 29.3 Å². The fourth-order valence-corrected chi connectivity index (χ4v) is 3.34. The Morgan fingerprint density at radius 3 is 2.92 bits per heavy atom. The van der Waals surface area contributed by atoms with Gasteiger partial charge in [0.25, 0.3) is 0 Å². The molecule has 2 atom stereocenters. The van der Waals surface area contributed by atoms with Gasteiger partial charge in [0, 0.05) is 23.6 Å². The molecule has 1 unspecified atom stereocenters. The molecule has 0 bridgehead atoms. The van der Waals surface area contributed by atoms with Gasteiger partial charge in [-0.3, -0.25) is 5.73 Å². The molecule has 2 aliphatic rings. The predicted molar refractivity (Wildman–Crippen MR) is 99.2 cm³/mol. The number of hydrogen-bond donors (Lipinski definition) is 3. The van der Waals surface area contributed by atoms with Crippen molar-refractivity contribution < 1.29 is 13.9 Å². The van der Waals surface area contributed by atoms with Gasteiger partial charge in [0.05, 0.1) is 35.9 Å². The first-order valence-corrected chi connectivity index (χ1v) is 8.58. The van der Waals surface area contributed by atoms with Gasteiger partial charge >= 0.3 is 0 Å². The fourth-order valence-electron chi connectivity index (χ4n) is 3.16. The van der Waals surface area contributed by atoms with Crippen molar-refractivity contribution in [3.8, 4) is 5.75 Å². The van der Waals surface area contributed by atoms with Crippen molar-refractivity contribution in [3.05, 3.63) is 52.3 Å². The quantitative estimate of drug-likeness (QED) is 0.716. The number of hydrogen-bond acceptors (Lipinski definition) is 6. The summed E-state index contributed by atoms with van der Waals surface area (Å²) in [6.45, 7) is 1.22. The maximum absolute atomic E-state index is 13.5. The Morgan fingerprint density at radius 2 is 2.19 bits per heavy atom. The van der Waals surface area contributed by atoms with E-state index in [2.05, 4.69) is 10.3 Å². The highest BCUT2D eigenvalue weighted by Crippen LogP contribution is 2.41. The molecule has 1 fully saturated rings. The van der Waals surface area contributed by atoms with Crippen LogP contribution >= 0.6 is 11.6 Å². The van der Waals surface area contributed by atoms with Crippen molar-refractivity contribution in [1.29, 1.82) is 0 Å². The smallest absolute Gasteiger partial charge is 0.163 e. The lowest BCUT2D eigenvalue weighted by Gasteiger charge is -2.32. The zero-order valence-electron chi connectivity index (χ0n) is 13.8. The third-order valence-corrected chi connectivity index (χ3v) is 4.88. The second-order valence-corrected chi connectivity index (χ2v) is 6.74. The van der Waals surface area contributed by atoms with Crippen molar-refractivity contribution in [2.24, 2.45) is 10.7 Å². The summed E-state index contributed by atoms with van der Waals surface area (Å²) >= 11 is 5.92. The molecule has 0 amide bonds. The number of nitrogens with one attached hydrogen (secondary N) is 1. The lowest BCUT2D eigenvalue weighted by atomic mass is 9.89. The molecule has 8 heteroatoms. The van der Waals surface area contributed by atoms with Crippen LogP contribution in [0, 0.1) is 5.82 Å². The molecule has 0 aliphatic carbocycles. The first-order chi connectivity index (χ1) is 12.5. The lowest BCUT2D eigenvalue weighted by molar-refractivity contribution is 0.142. The number of ether oxygens (including phenoxy) is 2. The Bertz CT molecular complexity index is 886. The van der Waals surface area contributed by atoms with E-state index >= 15 is 0 Å². The van der Waals surface area contributed by atoms with E-state index in [1.807, 2.05) is 0 Å². The Kier molecular flexibility index (Phi) is 4.22. The minimum atomic E-state index is -1.24. The number of nitrogen functional groups attached to an aromatic ring is 1.